The van der Waals surface area contributed by atoms with E-state index in [9.17, 15) is 0 Å². The third-order valence-electron chi connectivity index (χ3n) is 0.811. The minimum absolute atomic E-state index is 0.106. The molecule has 0 heterocycles. The highest BCUT2D eigenvalue weighted by atomic mass is 16.3. The zero-order valence-corrected chi connectivity index (χ0v) is 5.25. The maximum Gasteiger partial charge on any atom is 0.0870 e. The molecule has 0 saturated heterocycles. The molecule has 0 fully saturated rings. The SMILES string of the molecule is C=NN(N)CCC(=C)O. The van der Waals surface area contributed by atoms with Crippen LogP contribution >= 0.6 is 0 Å². The Balaban J connectivity index is 3.26. The molecular formula is C5H11N3O. The Kier molecular flexibility index (Phi) is 3.46. The van der Waals surface area contributed by atoms with E-state index in [0.29, 0.717) is 13.0 Å². The fourth-order valence-corrected chi connectivity index (χ4v) is 0.314. The lowest BCUT2D eigenvalue weighted by atomic mass is 10.4. The molecular weight excluding hydrogens is 118 g/mol. The van der Waals surface area contributed by atoms with Gasteiger partial charge in [-0.2, -0.15) is 5.10 Å². The number of hydrogen-bond acceptors (Lipinski definition) is 4. The molecule has 9 heavy (non-hydrogen) atoms. The first-order chi connectivity index (χ1) is 4.16. The molecule has 52 valence electrons. The molecule has 0 aromatic carbocycles. The second-order valence-corrected chi connectivity index (χ2v) is 1.62. The summed E-state index contributed by atoms with van der Waals surface area (Å²) in [7, 11) is 0. The maximum absolute atomic E-state index is 8.56. The van der Waals surface area contributed by atoms with Crippen molar-refractivity contribution in [1.29, 1.82) is 0 Å². The third-order valence-corrected chi connectivity index (χ3v) is 0.811. The summed E-state index contributed by atoms with van der Waals surface area (Å²) in [5, 5.41) is 13.1. The smallest absolute Gasteiger partial charge is 0.0870 e. The van der Waals surface area contributed by atoms with E-state index in [2.05, 4.69) is 18.4 Å². The van der Waals surface area contributed by atoms with Gasteiger partial charge in [0.05, 0.1) is 12.3 Å². The van der Waals surface area contributed by atoms with Gasteiger partial charge in [-0.25, -0.2) is 11.0 Å². The number of hydrazone groups is 1. The predicted molar refractivity (Wildman–Crippen MR) is 36.8 cm³/mol. The van der Waals surface area contributed by atoms with Gasteiger partial charge in [0.15, 0.2) is 0 Å². The van der Waals surface area contributed by atoms with Crippen molar-refractivity contribution in [2.45, 2.75) is 6.42 Å². The van der Waals surface area contributed by atoms with Crippen LogP contribution in [-0.2, 0) is 0 Å². The van der Waals surface area contributed by atoms with E-state index in [-0.39, 0.29) is 5.76 Å². The Bertz CT molecular complexity index is 113. The quantitative estimate of drug-likeness (QED) is 0.247. The average molecular weight is 129 g/mol. The molecule has 0 amide bonds. The molecule has 4 nitrogen and oxygen atoms in total. The number of nitrogens with two attached hydrogens (primary N) is 1. The molecule has 0 rings (SSSR count). The first-order valence-electron chi connectivity index (χ1n) is 2.52. The van der Waals surface area contributed by atoms with Crippen molar-refractivity contribution in [3.05, 3.63) is 12.3 Å². The van der Waals surface area contributed by atoms with Gasteiger partial charge in [0, 0.05) is 13.1 Å². The van der Waals surface area contributed by atoms with Crippen LogP contribution in [0.2, 0.25) is 0 Å². The van der Waals surface area contributed by atoms with Crippen LogP contribution in [0.15, 0.2) is 17.4 Å². The van der Waals surface area contributed by atoms with Gasteiger partial charge in [-0.1, -0.05) is 6.58 Å². The van der Waals surface area contributed by atoms with E-state index in [1.807, 2.05) is 0 Å². The fraction of sp³-hybridized carbons (Fsp3) is 0.400. The van der Waals surface area contributed by atoms with E-state index < -0.39 is 0 Å². The molecule has 0 bridgehead atoms. The summed E-state index contributed by atoms with van der Waals surface area (Å²) in [5.74, 6) is 5.28. The van der Waals surface area contributed by atoms with E-state index in [1.54, 1.807) is 0 Å². The van der Waals surface area contributed by atoms with Crippen LogP contribution in [0, 0.1) is 0 Å². The van der Waals surface area contributed by atoms with E-state index in [4.69, 9.17) is 10.9 Å². The summed E-state index contributed by atoms with van der Waals surface area (Å²) in [6.07, 6.45) is 0.426. The minimum Gasteiger partial charge on any atom is -0.513 e. The summed E-state index contributed by atoms with van der Waals surface area (Å²) in [5.41, 5.74) is 0. The van der Waals surface area contributed by atoms with Crippen LogP contribution in [0.5, 0.6) is 0 Å². The van der Waals surface area contributed by atoms with Gasteiger partial charge in [0.1, 0.15) is 0 Å². The van der Waals surface area contributed by atoms with Crippen molar-refractivity contribution in [2.75, 3.05) is 6.54 Å². The van der Waals surface area contributed by atoms with Gasteiger partial charge in [0.25, 0.3) is 0 Å². The fourth-order valence-electron chi connectivity index (χ4n) is 0.314. The van der Waals surface area contributed by atoms with Gasteiger partial charge in [-0.05, 0) is 0 Å². The van der Waals surface area contributed by atoms with Crippen LogP contribution in [0.1, 0.15) is 6.42 Å². The number of hydrazine groups is 1. The molecule has 0 aliphatic rings. The van der Waals surface area contributed by atoms with Crippen LogP contribution in [0.25, 0.3) is 0 Å². The first kappa shape index (κ1) is 7.97. The molecule has 0 aliphatic carbocycles. The van der Waals surface area contributed by atoms with Crippen molar-refractivity contribution in [2.24, 2.45) is 10.9 Å². The highest BCUT2D eigenvalue weighted by molar-refractivity contribution is 5.22. The highest BCUT2D eigenvalue weighted by Gasteiger charge is 1.92. The maximum atomic E-state index is 8.56. The Labute approximate surface area is 54.2 Å². The standard InChI is InChI=1S/C5H11N3O/c1-5(9)3-4-8(6)7-2/h9H,1-4,6H2. The summed E-state index contributed by atoms with van der Waals surface area (Å²) < 4.78 is 0. The first-order valence-corrected chi connectivity index (χ1v) is 2.52. The van der Waals surface area contributed by atoms with E-state index in [1.165, 1.54) is 0 Å². The number of nitrogens with zero attached hydrogens (tertiary/aromatic N) is 2. The lowest BCUT2D eigenvalue weighted by Crippen LogP contribution is -2.25. The Morgan fingerprint density at radius 3 is 2.67 bits per heavy atom. The second-order valence-electron chi connectivity index (χ2n) is 1.62. The summed E-state index contributed by atoms with van der Waals surface area (Å²) in [6.45, 7) is 6.89. The Hall–Kier alpha value is -1.03. The largest absolute Gasteiger partial charge is 0.513 e. The normalized spacial score (nSPS) is 8.56. The van der Waals surface area contributed by atoms with Crippen molar-refractivity contribution < 1.29 is 5.11 Å². The zero-order valence-electron chi connectivity index (χ0n) is 5.25. The van der Waals surface area contributed by atoms with E-state index >= 15 is 0 Å². The number of aliphatic hydroxyl groups is 1. The summed E-state index contributed by atoms with van der Waals surface area (Å²) in [6, 6.07) is 0. The van der Waals surface area contributed by atoms with Gasteiger partial charge in [0.2, 0.25) is 0 Å². The number of rotatable bonds is 4. The lowest BCUT2D eigenvalue weighted by molar-refractivity contribution is 0.280. The van der Waals surface area contributed by atoms with Crippen LogP contribution in [0.3, 0.4) is 0 Å². The molecule has 0 atom stereocenters. The summed E-state index contributed by atoms with van der Waals surface area (Å²) >= 11 is 0. The number of aliphatic hydroxyl groups excluding tert-OH is 1. The molecule has 0 radical (unpaired) electrons. The average Bonchev–Trinajstić information content (AvgIpc) is 1.83. The van der Waals surface area contributed by atoms with Crippen molar-refractivity contribution in [1.82, 2.24) is 5.12 Å². The summed E-state index contributed by atoms with van der Waals surface area (Å²) in [4.78, 5) is 0. The van der Waals surface area contributed by atoms with Crippen LogP contribution in [-0.4, -0.2) is 23.5 Å². The van der Waals surface area contributed by atoms with Gasteiger partial charge >= 0.3 is 0 Å². The highest BCUT2D eigenvalue weighted by Crippen LogP contribution is 1.91. The zero-order chi connectivity index (χ0) is 7.28. The Morgan fingerprint density at radius 2 is 2.33 bits per heavy atom. The molecule has 3 N–H and O–H groups in total. The molecule has 0 unspecified atom stereocenters. The molecule has 0 saturated carbocycles. The lowest BCUT2D eigenvalue weighted by Gasteiger charge is -2.09. The monoisotopic (exact) mass is 129 g/mol. The molecule has 0 spiro atoms. The molecule has 0 aromatic rings. The van der Waals surface area contributed by atoms with E-state index in [0.717, 1.165) is 5.12 Å². The topological polar surface area (TPSA) is 61.8 Å². The van der Waals surface area contributed by atoms with Crippen molar-refractivity contribution in [3.63, 3.8) is 0 Å². The molecule has 0 aliphatic heterocycles. The van der Waals surface area contributed by atoms with Crippen molar-refractivity contribution in [3.8, 4) is 0 Å². The third kappa shape index (κ3) is 4.83. The second kappa shape index (κ2) is 3.91. The molecule has 0 aromatic heterocycles. The predicted octanol–water partition coefficient (Wildman–Crippen LogP) is 0.239. The van der Waals surface area contributed by atoms with Crippen LogP contribution < -0.4 is 5.84 Å². The van der Waals surface area contributed by atoms with Crippen molar-refractivity contribution >= 4 is 6.72 Å². The minimum atomic E-state index is 0.106. The van der Waals surface area contributed by atoms with Gasteiger partial charge in [-0.15, -0.1) is 0 Å². The van der Waals surface area contributed by atoms with Crippen LogP contribution in [0.4, 0.5) is 0 Å². The Morgan fingerprint density at radius 1 is 1.78 bits per heavy atom. The molecule has 4 heteroatoms. The van der Waals surface area contributed by atoms with Gasteiger partial charge < -0.3 is 5.11 Å². The van der Waals surface area contributed by atoms with Gasteiger partial charge in [-0.3, -0.25) is 0 Å². The number of hydrogen-bond donors (Lipinski definition) is 2.